The normalized spacial score (nSPS) is 12.9. The summed E-state index contributed by atoms with van der Waals surface area (Å²) in [5.74, 6) is 5.74. The van der Waals surface area contributed by atoms with E-state index in [1.807, 2.05) is 89.2 Å². The third-order valence-corrected chi connectivity index (χ3v) is 10.6. The van der Waals surface area contributed by atoms with E-state index in [1.165, 1.54) is 9.80 Å². The third-order valence-electron chi connectivity index (χ3n) is 10.6. The molecule has 0 aliphatic carbocycles. The molecule has 0 unspecified atom stereocenters. The number of nitrogen functional groups attached to an aromatic ring is 1. The minimum atomic E-state index is -0.336. The van der Waals surface area contributed by atoms with Crippen molar-refractivity contribution in [2.45, 2.75) is 72.4 Å². The number of nitrogens with zero attached hydrogens (tertiary/aromatic N) is 2. The zero-order chi connectivity index (χ0) is 35.4. The average molecular weight is 662 g/mol. The molecule has 0 bridgehead atoms. The standard InChI is InChI=1S/C43H39N3O4/c1-6-28(7-2)45(23-47)41(48)33-20-18-30-31-19-21-34-39-35(43(50)46(42(34)49)29(8-3)9-4)22-26(14-11-25-12-15-27(44)16-13-25)37(40(31)39)32-17-10-24(5)36(33)38(30)32/h10,12-13,15-23,28-29H,6-9,44H2,1-5H3. The van der Waals surface area contributed by atoms with Gasteiger partial charge in [0, 0.05) is 61.7 Å². The number of imide groups is 2. The smallest absolute Gasteiger partial charge is 0.261 e. The molecule has 4 amide bonds. The molecule has 0 spiro atoms. The minimum Gasteiger partial charge on any atom is -0.399 e. The Kier molecular flexibility index (Phi) is 8.27. The molecule has 0 atom stereocenters. The molecule has 6 aromatic rings. The maximum Gasteiger partial charge on any atom is 0.261 e. The summed E-state index contributed by atoms with van der Waals surface area (Å²) >= 11 is 0. The lowest BCUT2D eigenvalue weighted by Gasteiger charge is -2.34. The molecular weight excluding hydrogens is 622 g/mol. The van der Waals surface area contributed by atoms with Crippen molar-refractivity contribution in [3.05, 3.63) is 100 Å². The molecule has 1 heterocycles. The number of nitrogens with two attached hydrogens (primary N) is 1. The lowest BCUT2D eigenvalue weighted by atomic mass is 9.81. The van der Waals surface area contributed by atoms with Gasteiger partial charge in [0.1, 0.15) is 0 Å². The van der Waals surface area contributed by atoms with Gasteiger partial charge in [-0.05, 0) is 108 Å². The van der Waals surface area contributed by atoms with Crippen LogP contribution < -0.4 is 5.73 Å². The molecule has 6 aromatic carbocycles. The predicted octanol–water partition coefficient (Wildman–Crippen LogP) is 8.60. The Labute approximate surface area is 291 Å². The van der Waals surface area contributed by atoms with Crippen LogP contribution in [0.15, 0.2) is 66.7 Å². The van der Waals surface area contributed by atoms with Crippen molar-refractivity contribution < 1.29 is 19.2 Å². The predicted molar refractivity (Wildman–Crippen MR) is 201 cm³/mol. The highest BCUT2D eigenvalue weighted by atomic mass is 16.2. The van der Waals surface area contributed by atoms with Crippen molar-refractivity contribution in [1.82, 2.24) is 9.80 Å². The number of hydrogen-bond acceptors (Lipinski definition) is 5. The van der Waals surface area contributed by atoms with E-state index in [2.05, 4.69) is 11.8 Å². The number of fused-ring (bicyclic) bond motifs is 2. The molecule has 7 rings (SSSR count). The molecular formula is C43H39N3O4. The highest BCUT2D eigenvalue weighted by Crippen LogP contribution is 2.47. The van der Waals surface area contributed by atoms with E-state index in [0.717, 1.165) is 48.8 Å². The van der Waals surface area contributed by atoms with E-state index >= 15 is 0 Å². The monoisotopic (exact) mass is 661 g/mol. The first-order valence-electron chi connectivity index (χ1n) is 17.4. The molecule has 0 radical (unpaired) electrons. The van der Waals surface area contributed by atoms with Crippen LogP contribution in [-0.2, 0) is 4.79 Å². The van der Waals surface area contributed by atoms with Gasteiger partial charge in [0.25, 0.3) is 17.7 Å². The molecule has 0 saturated carbocycles. The Morgan fingerprint density at radius 2 is 1.38 bits per heavy atom. The third kappa shape index (κ3) is 4.81. The summed E-state index contributed by atoms with van der Waals surface area (Å²) in [5, 5.41) is 6.51. The number of amides is 4. The van der Waals surface area contributed by atoms with Gasteiger partial charge >= 0.3 is 0 Å². The summed E-state index contributed by atoms with van der Waals surface area (Å²) in [5.41, 5.74) is 10.3. The van der Waals surface area contributed by atoms with E-state index in [4.69, 9.17) is 5.73 Å². The number of rotatable bonds is 8. The van der Waals surface area contributed by atoms with Crippen LogP contribution in [0.1, 0.15) is 101 Å². The van der Waals surface area contributed by atoms with Crippen molar-refractivity contribution in [1.29, 1.82) is 0 Å². The van der Waals surface area contributed by atoms with Crippen molar-refractivity contribution in [2.24, 2.45) is 0 Å². The number of hydrogen-bond donors (Lipinski definition) is 1. The first kappa shape index (κ1) is 32.8. The van der Waals surface area contributed by atoms with Gasteiger partial charge in [-0.2, -0.15) is 0 Å². The van der Waals surface area contributed by atoms with Gasteiger partial charge in [-0.1, -0.05) is 63.8 Å². The van der Waals surface area contributed by atoms with Crippen LogP contribution >= 0.6 is 0 Å². The number of carbonyl (C=O) groups excluding carboxylic acids is 4. The van der Waals surface area contributed by atoms with Gasteiger partial charge < -0.3 is 5.73 Å². The van der Waals surface area contributed by atoms with Crippen LogP contribution in [0.25, 0.3) is 43.1 Å². The van der Waals surface area contributed by atoms with Crippen molar-refractivity contribution in [3.8, 4) is 11.8 Å². The highest BCUT2D eigenvalue weighted by molar-refractivity contribution is 6.40. The van der Waals surface area contributed by atoms with E-state index in [9.17, 15) is 19.2 Å². The molecule has 7 nitrogen and oxygen atoms in total. The van der Waals surface area contributed by atoms with Gasteiger partial charge in [-0.3, -0.25) is 29.0 Å². The van der Waals surface area contributed by atoms with Crippen LogP contribution in [-0.4, -0.2) is 46.0 Å². The maximum atomic E-state index is 14.3. The number of anilines is 1. The molecule has 0 saturated heterocycles. The second-order valence-electron chi connectivity index (χ2n) is 13.2. The largest absolute Gasteiger partial charge is 0.399 e. The maximum absolute atomic E-state index is 14.3. The Hall–Kier alpha value is -5.74. The quantitative estimate of drug-likeness (QED) is 0.0440. The topological polar surface area (TPSA) is 101 Å². The summed E-state index contributed by atoms with van der Waals surface area (Å²) < 4.78 is 0. The zero-order valence-electron chi connectivity index (χ0n) is 29.0. The Morgan fingerprint density at radius 3 is 2.04 bits per heavy atom. The summed E-state index contributed by atoms with van der Waals surface area (Å²) in [6.45, 7) is 9.91. The lowest BCUT2D eigenvalue weighted by Crippen LogP contribution is -2.46. The van der Waals surface area contributed by atoms with E-state index in [1.54, 1.807) is 12.1 Å². The second-order valence-corrected chi connectivity index (χ2v) is 13.2. The molecule has 7 heteroatoms. The summed E-state index contributed by atoms with van der Waals surface area (Å²) in [6, 6.07) is 20.3. The van der Waals surface area contributed by atoms with E-state index in [-0.39, 0.29) is 29.8 Å². The van der Waals surface area contributed by atoms with Crippen molar-refractivity contribution >= 4 is 72.9 Å². The fourth-order valence-electron chi connectivity index (χ4n) is 7.96. The second kappa shape index (κ2) is 12.6. The van der Waals surface area contributed by atoms with E-state index < -0.39 is 0 Å². The van der Waals surface area contributed by atoms with Crippen molar-refractivity contribution in [3.63, 3.8) is 0 Å². The molecule has 0 fully saturated rings. The van der Waals surface area contributed by atoms with E-state index in [0.29, 0.717) is 65.4 Å². The summed E-state index contributed by atoms with van der Waals surface area (Å²) in [6.07, 6.45) is 3.26. The van der Waals surface area contributed by atoms with Gasteiger partial charge in [-0.15, -0.1) is 0 Å². The van der Waals surface area contributed by atoms with Gasteiger partial charge in [-0.25, -0.2) is 0 Å². The Morgan fingerprint density at radius 1 is 0.740 bits per heavy atom. The fraction of sp³-hybridized carbons (Fsp3) is 0.256. The van der Waals surface area contributed by atoms with Crippen LogP contribution in [0, 0.1) is 18.8 Å². The van der Waals surface area contributed by atoms with Gasteiger partial charge in [0.15, 0.2) is 0 Å². The first-order chi connectivity index (χ1) is 24.2. The van der Waals surface area contributed by atoms with Crippen LogP contribution in [0.2, 0.25) is 0 Å². The van der Waals surface area contributed by atoms with Gasteiger partial charge in [0.2, 0.25) is 6.41 Å². The SMILES string of the molecule is CCC(CC)N(C=O)C(=O)c1ccc2c3ccc4c5c(cc(C#Cc6ccc(N)cc6)c(c6ccc(C)c1c26)c53)C(=O)N(C(CC)CC)C4=O. The highest BCUT2D eigenvalue weighted by Gasteiger charge is 2.38. The van der Waals surface area contributed by atoms with Gasteiger partial charge in [0.05, 0.1) is 0 Å². The molecule has 0 aromatic heterocycles. The van der Waals surface area contributed by atoms with Crippen LogP contribution in [0.3, 0.4) is 0 Å². The number of benzene rings is 6. The van der Waals surface area contributed by atoms with Crippen LogP contribution in [0.5, 0.6) is 0 Å². The van der Waals surface area contributed by atoms with Crippen molar-refractivity contribution in [2.75, 3.05) is 5.73 Å². The Balaban J connectivity index is 1.62. The molecule has 2 N–H and O–H groups in total. The molecule has 1 aliphatic rings. The average Bonchev–Trinajstić information content (AvgIpc) is 3.13. The molecule has 1 aliphatic heterocycles. The van der Waals surface area contributed by atoms with Crippen LogP contribution in [0.4, 0.5) is 5.69 Å². The summed E-state index contributed by atoms with van der Waals surface area (Å²) in [4.78, 5) is 57.7. The molecule has 250 valence electrons. The lowest BCUT2D eigenvalue weighted by molar-refractivity contribution is -0.117. The summed E-state index contributed by atoms with van der Waals surface area (Å²) in [7, 11) is 0. The minimum absolute atomic E-state index is 0.215. The Bertz CT molecular complexity index is 2440. The molecule has 50 heavy (non-hydrogen) atoms. The zero-order valence-corrected chi connectivity index (χ0v) is 29.0. The first-order valence-corrected chi connectivity index (χ1v) is 17.4. The number of aryl methyl sites for hydroxylation is 1. The number of carbonyl (C=O) groups is 4. The fourth-order valence-corrected chi connectivity index (χ4v) is 7.96.